The van der Waals surface area contributed by atoms with Crippen LogP contribution in [0.3, 0.4) is 0 Å². The quantitative estimate of drug-likeness (QED) is 0.517. The summed E-state index contributed by atoms with van der Waals surface area (Å²) in [7, 11) is 0. The van der Waals surface area contributed by atoms with Crippen LogP contribution in [0.2, 0.25) is 0 Å². The zero-order valence-corrected chi connectivity index (χ0v) is 6.16. The van der Waals surface area contributed by atoms with Crippen LogP contribution in [0.1, 0.15) is 6.42 Å². The van der Waals surface area contributed by atoms with Crippen LogP contribution in [-0.2, 0) is 0 Å². The van der Waals surface area contributed by atoms with E-state index in [9.17, 15) is 0 Å². The van der Waals surface area contributed by atoms with E-state index >= 15 is 0 Å². The highest BCUT2D eigenvalue weighted by molar-refractivity contribution is 5.14. The lowest BCUT2D eigenvalue weighted by molar-refractivity contribution is 1.40. The van der Waals surface area contributed by atoms with Crippen molar-refractivity contribution in [1.29, 1.82) is 0 Å². The molecule has 0 saturated heterocycles. The Kier molecular flexibility index (Phi) is 7.13. The van der Waals surface area contributed by atoms with Gasteiger partial charge in [0, 0.05) is 0 Å². The Morgan fingerprint density at radius 2 is 1.50 bits per heavy atom. The molecule has 0 atom stereocenters. The molecule has 0 saturated carbocycles. The van der Waals surface area contributed by atoms with Crippen LogP contribution in [-0.4, -0.2) is 0 Å². The van der Waals surface area contributed by atoms with E-state index < -0.39 is 0 Å². The molecule has 0 aromatic carbocycles. The first-order valence-electron chi connectivity index (χ1n) is 3.32. The summed E-state index contributed by atoms with van der Waals surface area (Å²) in [5.41, 5.74) is 0. The molecule has 0 aliphatic carbocycles. The minimum absolute atomic E-state index is 0.843. The Balaban J connectivity index is 3.46. The lowest BCUT2D eigenvalue weighted by Gasteiger charge is -1.73. The van der Waals surface area contributed by atoms with E-state index in [1.165, 1.54) is 0 Å². The van der Waals surface area contributed by atoms with Gasteiger partial charge in [-0.25, -0.2) is 0 Å². The highest BCUT2D eigenvalue weighted by Gasteiger charge is 1.61. The van der Waals surface area contributed by atoms with E-state index in [1.807, 2.05) is 36.5 Å². The van der Waals surface area contributed by atoms with Crippen molar-refractivity contribution in [2.24, 2.45) is 0 Å². The molecule has 0 aromatic rings. The van der Waals surface area contributed by atoms with E-state index in [1.54, 1.807) is 6.08 Å². The van der Waals surface area contributed by atoms with Crippen molar-refractivity contribution in [3.05, 3.63) is 56.0 Å². The van der Waals surface area contributed by atoms with E-state index in [4.69, 9.17) is 0 Å². The summed E-state index contributed by atoms with van der Waals surface area (Å²) >= 11 is 0. The molecular weight excluding hydrogens is 120 g/mol. The summed E-state index contributed by atoms with van der Waals surface area (Å²) in [6.07, 6.45) is 14.3. The van der Waals surface area contributed by atoms with Gasteiger partial charge in [0.05, 0.1) is 0 Å². The van der Waals surface area contributed by atoms with Gasteiger partial charge in [-0.05, 0) is 13.3 Å². The Hall–Kier alpha value is -1.04. The average Bonchev–Trinajstić information content (AvgIpc) is 1.97. The predicted octanol–water partition coefficient (Wildman–Crippen LogP) is 3.07. The highest BCUT2D eigenvalue weighted by Crippen LogP contribution is 1.82. The number of hydrogen-bond acceptors (Lipinski definition) is 0. The first-order valence-corrected chi connectivity index (χ1v) is 3.32. The molecule has 10 heavy (non-hydrogen) atoms. The molecule has 1 radical (unpaired) electrons. The van der Waals surface area contributed by atoms with Crippen molar-refractivity contribution in [1.82, 2.24) is 0 Å². The largest absolute Gasteiger partial charge is 0.0991 e. The van der Waals surface area contributed by atoms with Crippen LogP contribution in [0.4, 0.5) is 0 Å². The van der Waals surface area contributed by atoms with Crippen LogP contribution >= 0.6 is 0 Å². The Labute approximate surface area is 63.3 Å². The average molecular weight is 133 g/mol. The van der Waals surface area contributed by atoms with Gasteiger partial charge in [-0.2, -0.15) is 0 Å². The molecule has 0 spiro atoms. The van der Waals surface area contributed by atoms with Crippen molar-refractivity contribution < 1.29 is 0 Å². The number of hydrogen-bond donors (Lipinski definition) is 0. The van der Waals surface area contributed by atoms with Gasteiger partial charge >= 0.3 is 0 Å². The number of rotatable bonds is 4. The standard InChI is InChI=1S/C10H13/c1-3-5-7-9-10-8-6-4-2/h3,5-10H,1-2,4H2/b7-5+,8-6+,10-9+. The van der Waals surface area contributed by atoms with Gasteiger partial charge in [0.1, 0.15) is 0 Å². The fourth-order valence-corrected chi connectivity index (χ4v) is 0.446. The van der Waals surface area contributed by atoms with E-state index in [0.717, 1.165) is 6.42 Å². The molecule has 0 amide bonds. The van der Waals surface area contributed by atoms with Crippen molar-refractivity contribution in [2.75, 3.05) is 0 Å². The first kappa shape index (κ1) is 8.96. The third-order valence-corrected chi connectivity index (χ3v) is 0.883. The highest BCUT2D eigenvalue weighted by atomic mass is 13.7. The smallest absolute Gasteiger partial charge is 0.0347 e. The minimum atomic E-state index is 0.843. The molecule has 0 aromatic heterocycles. The third kappa shape index (κ3) is 6.96. The summed E-state index contributed by atoms with van der Waals surface area (Å²) in [5, 5.41) is 0. The molecule has 0 fully saturated rings. The van der Waals surface area contributed by atoms with Crippen molar-refractivity contribution in [3.63, 3.8) is 0 Å². The molecule has 0 heterocycles. The molecule has 0 rings (SSSR count). The molecule has 0 aliphatic heterocycles. The van der Waals surface area contributed by atoms with Crippen molar-refractivity contribution >= 4 is 0 Å². The van der Waals surface area contributed by atoms with Gasteiger partial charge in [0.2, 0.25) is 0 Å². The lowest BCUT2D eigenvalue weighted by Crippen LogP contribution is -1.51. The normalized spacial score (nSPS) is 12.1. The van der Waals surface area contributed by atoms with Gasteiger partial charge in [-0.3, -0.25) is 0 Å². The monoisotopic (exact) mass is 133 g/mol. The molecule has 0 heteroatoms. The Bertz CT molecular complexity index is 147. The summed E-state index contributed by atoms with van der Waals surface area (Å²) in [5.74, 6) is 0. The SMILES string of the molecule is [CH2]C/C=C/C=C/C=C/C=C. The summed E-state index contributed by atoms with van der Waals surface area (Å²) in [6, 6.07) is 0. The fourth-order valence-electron chi connectivity index (χ4n) is 0.446. The predicted molar refractivity (Wildman–Crippen MR) is 47.6 cm³/mol. The third-order valence-electron chi connectivity index (χ3n) is 0.883. The van der Waals surface area contributed by atoms with Crippen LogP contribution in [0.15, 0.2) is 49.1 Å². The van der Waals surface area contributed by atoms with Gasteiger partial charge in [0.25, 0.3) is 0 Å². The molecule has 0 unspecified atom stereocenters. The first-order chi connectivity index (χ1) is 4.91. The summed E-state index contributed by atoms with van der Waals surface area (Å²) in [6.45, 7) is 7.21. The molecule has 0 nitrogen and oxygen atoms in total. The maximum atomic E-state index is 3.66. The number of allylic oxidation sites excluding steroid dienone is 7. The van der Waals surface area contributed by atoms with Crippen LogP contribution < -0.4 is 0 Å². The Morgan fingerprint density at radius 1 is 0.900 bits per heavy atom. The molecular formula is C10H13. The van der Waals surface area contributed by atoms with Crippen LogP contribution in [0, 0.1) is 6.92 Å². The fraction of sp³-hybridized carbons (Fsp3) is 0.100. The van der Waals surface area contributed by atoms with Crippen LogP contribution in [0.5, 0.6) is 0 Å². The van der Waals surface area contributed by atoms with Crippen molar-refractivity contribution in [2.45, 2.75) is 6.42 Å². The van der Waals surface area contributed by atoms with E-state index in [0.29, 0.717) is 0 Å². The zero-order chi connectivity index (χ0) is 7.66. The van der Waals surface area contributed by atoms with Gasteiger partial charge in [-0.1, -0.05) is 49.1 Å². The summed E-state index contributed by atoms with van der Waals surface area (Å²) < 4.78 is 0. The van der Waals surface area contributed by atoms with Crippen molar-refractivity contribution in [3.8, 4) is 0 Å². The van der Waals surface area contributed by atoms with E-state index in [2.05, 4.69) is 13.5 Å². The minimum Gasteiger partial charge on any atom is -0.0991 e. The maximum absolute atomic E-state index is 3.66. The molecule has 53 valence electrons. The van der Waals surface area contributed by atoms with E-state index in [-0.39, 0.29) is 0 Å². The van der Waals surface area contributed by atoms with Gasteiger partial charge in [-0.15, -0.1) is 0 Å². The van der Waals surface area contributed by atoms with Gasteiger partial charge in [0.15, 0.2) is 0 Å². The second kappa shape index (κ2) is 7.96. The molecule has 0 N–H and O–H groups in total. The lowest BCUT2D eigenvalue weighted by atomic mass is 10.3. The topological polar surface area (TPSA) is 0 Å². The Morgan fingerprint density at radius 3 is 2.10 bits per heavy atom. The van der Waals surface area contributed by atoms with Crippen LogP contribution in [0.25, 0.3) is 0 Å². The molecule has 0 bridgehead atoms. The summed E-state index contributed by atoms with van der Waals surface area (Å²) in [4.78, 5) is 0. The second-order valence-corrected chi connectivity index (χ2v) is 1.72. The second-order valence-electron chi connectivity index (χ2n) is 1.72. The molecule has 0 aliphatic rings. The zero-order valence-electron chi connectivity index (χ0n) is 6.16. The van der Waals surface area contributed by atoms with Gasteiger partial charge < -0.3 is 0 Å². The maximum Gasteiger partial charge on any atom is -0.0347 e.